The first-order chi connectivity index (χ1) is 13.2. The van der Waals surface area contributed by atoms with Crippen molar-refractivity contribution in [3.63, 3.8) is 0 Å². The lowest BCUT2D eigenvalue weighted by Gasteiger charge is -2.24. The maximum absolute atomic E-state index is 12.5. The monoisotopic (exact) mass is 419 g/mol. The van der Waals surface area contributed by atoms with Crippen molar-refractivity contribution in [1.82, 2.24) is 25.1 Å². The first kappa shape index (κ1) is 20.4. The Morgan fingerprint density at radius 1 is 1.21 bits per heavy atom. The molecule has 1 atom stereocenters. The van der Waals surface area contributed by atoms with Crippen LogP contribution in [0.25, 0.3) is 5.82 Å². The van der Waals surface area contributed by atoms with Gasteiger partial charge in [-0.25, -0.2) is 14.6 Å². The highest BCUT2D eigenvalue weighted by molar-refractivity contribution is 6.29. The van der Waals surface area contributed by atoms with Crippen molar-refractivity contribution >= 4 is 29.8 Å². The van der Waals surface area contributed by atoms with Crippen LogP contribution >= 0.6 is 24.0 Å². The second kappa shape index (κ2) is 9.25. The SMILES string of the molecule is Cl.O=C(Cc1ccc([C@H]2CNCCO2)cc1)c1ccn(-c2cnc(Cl)cn2)n1. The maximum atomic E-state index is 12.5. The molecular weight excluding hydrogens is 401 g/mol. The lowest BCUT2D eigenvalue weighted by Crippen LogP contribution is -2.33. The number of Topliss-reactive ketones (excluding diaryl/α,β-unsaturated/α-hetero) is 1. The number of ether oxygens (including phenoxy) is 1. The number of ketones is 1. The molecule has 1 aromatic carbocycles. The zero-order valence-electron chi connectivity index (χ0n) is 14.9. The fourth-order valence-corrected chi connectivity index (χ4v) is 3.03. The van der Waals surface area contributed by atoms with Crippen LogP contribution in [0.4, 0.5) is 0 Å². The number of halogens is 2. The maximum Gasteiger partial charge on any atom is 0.187 e. The molecule has 0 unspecified atom stereocenters. The number of aromatic nitrogens is 4. The van der Waals surface area contributed by atoms with Gasteiger partial charge in [0.1, 0.15) is 10.8 Å². The lowest BCUT2D eigenvalue weighted by atomic mass is 10.0. The number of hydrogen-bond acceptors (Lipinski definition) is 6. The van der Waals surface area contributed by atoms with E-state index in [2.05, 4.69) is 20.4 Å². The van der Waals surface area contributed by atoms with Crippen LogP contribution in [0.15, 0.2) is 48.9 Å². The number of rotatable bonds is 5. The third kappa shape index (κ3) is 4.74. The number of nitrogens with zero attached hydrogens (tertiary/aromatic N) is 4. The van der Waals surface area contributed by atoms with Gasteiger partial charge < -0.3 is 10.1 Å². The quantitative estimate of drug-likeness (QED) is 0.640. The second-order valence-corrected chi connectivity index (χ2v) is 6.64. The molecule has 2 aromatic heterocycles. The van der Waals surface area contributed by atoms with Crippen molar-refractivity contribution in [3.8, 4) is 5.82 Å². The standard InChI is InChI=1S/C19H18ClN5O2.ClH/c20-18-11-23-19(12-22-18)25-7-5-15(24-25)16(26)9-13-1-3-14(4-2-13)17-10-21-6-8-27-17;/h1-5,7,11-12,17,21H,6,8-10H2;1H/t17-;/m1./s1. The molecule has 7 nitrogen and oxygen atoms in total. The van der Waals surface area contributed by atoms with E-state index in [9.17, 15) is 4.79 Å². The van der Waals surface area contributed by atoms with Crippen molar-refractivity contribution in [1.29, 1.82) is 0 Å². The molecule has 0 saturated carbocycles. The van der Waals surface area contributed by atoms with Gasteiger partial charge in [0, 0.05) is 25.7 Å². The summed E-state index contributed by atoms with van der Waals surface area (Å²) in [7, 11) is 0. The number of hydrogen-bond donors (Lipinski definition) is 1. The van der Waals surface area contributed by atoms with Gasteiger partial charge in [-0.05, 0) is 17.2 Å². The topological polar surface area (TPSA) is 81.9 Å². The minimum atomic E-state index is -0.0565. The first-order valence-corrected chi connectivity index (χ1v) is 9.05. The average molecular weight is 420 g/mol. The van der Waals surface area contributed by atoms with E-state index >= 15 is 0 Å². The van der Waals surface area contributed by atoms with Crippen LogP contribution in [-0.4, -0.2) is 45.2 Å². The van der Waals surface area contributed by atoms with Gasteiger partial charge in [-0.2, -0.15) is 5.10 Å². The number of benzene rings is 1. The Morgan fingerprint density at radius 2 is 2.04 bits per heavy atom. The fraction of sp³-hybridized carbons (Fsp3) is 0.263. The first-order valence-electron chi connectivity index (χ1n) is 8.67. The summed E-state index contributed by atoms with van der Waals surface area (Å²) in [4.78, 5) is 20.6. The normalized spacial score (nSPS) is 16.4. The van der Waals surface area contributed by atoms with Crippen LogP contribution in [0.2, 0.25) is 5.15 Å². The molecular formula is C19H19Cl2N5O2. The van der Waals surface area contributed by atoms with Gasteiger partial charge in [-0.15, -0.1) is 12.4 Å². The predicted octanol–water partition coefficient (Wildman–Crippen LogP) is 2.82. The van der Waals surface area contributed by atoms with Crippen molar-refractivity contribution in [3.05, 3.63) is 70.9 Å². The van der Waals surface area contributed by atoms with Crippen molar-refractivity contribution in [2.45, 2.75) is 12.5 Å². The highest BCUT2D eigenvalue weighted by Crippen LogP contribution is 2.19. The minimum absolute atomic E-state index is 0. The Balaban J connectivity index is 0.00000225. The molecule has 0 aliphatic carbocycles. The van der Waals surface area contributed by atoms with Crippen LogP contribution in [0, 0.1) is 0 Å². The highest BCUT2D eigenvalue weighted by atomic mass is 35.5. The third-order valence-corrected chi connectivity index (χ3v) is 4.56. The molecule has 3 heterocycles. The van der Waals surface area contributed by atoms with Crippen LogP contribution in [-0.2, 0) is 11.2 Å². The number of morpholine rings is 1. The molecule has 4 rings (SSSR count). The molecule has 1 N–H and O–H groups in total. The molecule has 1 aliphatic rings. The third-order valence-electron chi connectivity index (χ3n) is 4.36. The molecule has 0 amide bonds. The summed E-state index contributed by atoms with van der Waals surface area (Å²) in [5.41, 5.74) is 2.44. The van der Waals surface area contributed by atoms with Gasteiger partial charge in [0.05, 0.1) is 25.1 Å². The molecule has 0 spiro atoms. The fourth-order valence-electron chi connectivity index (χ4n) is 2.93. The van der Waals surface area contributed by atoms with Crippen LogP contribution < -0.4 is 5.32 Å². The Hall–Kier alpha value is -2.32. The van der Waals surface area contributed by atoms with Crippen molar-refractivity contribution in [2.75, 3.05) is 19.7 Å². The Bertz CT molecular complexity index is 922. The van der Waals surface area contributed by atoms with E-state index < -0.39 is 0 Å². The number of nitrogens with one attached hydrogen (secondary N) is 1. The minimum Gasteiger partial charge on any atom is -0.371 e. The number of carbonyl (C=O) groups excluding carboxylic acids is 1. The summed E-state index contributed by atoms with van der Waals surface area (Å²) in [6, 6.07) is 9.64. The van der Waals surface area contributed by atoms with Gasteiger partial charge in [0.15, 0.2) is 11.6 Å². The molecule has 28 heavy (non-hydrogen) atoms. The molecule has 3 aromatic rings. The van der Waals surface area contributed by atoms with Gasteiger partial charge in [0.2, 0.25) is 0 Å². The summed E-state index contributed by atoms with van der Waals surface area (Å²) in [6.07, 6.45) is 4.98. The number of carbonyl (C=O) groups is 1. The van der Waals surface area contributed by atoms with E-state index in [1.54, 1.807) is 12.3 Å². The van der Waals surface area contributed by atoms with E-state index in [4.69, 9.17) is 16.3 Å². The molecule has 0 radical (unpaired) electrons. The molecule has 0 bridgehead atoms. The van der Waals surface area contributed by atoms with Crippen molar-refractivity contribution in [2.24, 2.45) is 0 Å². The van der Waals surface area contributed by atoms with E-state index in [-0.39, 0.29) is 30.7 Å². The average Bonchev–Trinajstić information content (AvgIpc) is 3.20. The molecule has 1 saturated heterocycles. The lowest BCUT2D eigenvalue weighted by molar-refractivity contribution is 0.0277. The molecule has 1 aliphatic heterocycles. The van der Waals surface area contributed by atoms with Crippen LogP contribution in [0.5, 0.6) is 0 Å². The van der Waals surface area contributed by atoms with Crippen molar-refractivity contribution < 1.29 is 9.53 Å². The van der Waals surface area contributed by atoms with E-state index in [0.717, 1.165) is 24.2 Å². The van der Waals surface area contributed by atoms with Crippen LogP contribution in [0.1, 0.15) is 27.7 Å². The zero-order chi connectivity index (χ0) is 18.6. The predicted molar refractivity (Wildman–Crippen MR) is 107 cm³/mol. The largest absolute Gasteiger partial charge is 0.371 e. The van der Waals surface area contributed by atoms with Crippen LogP contribution in [0.3, 0.4) is 0 Å². The van der Waals surface area contributed by atoms with E-state index in [1.165, 1.54) is 17.1 Å². The molecule has 1 fully saturated rings. The summed E-state index contributed by atoms with van der Waals surface area (Å²) in [5, 5.41) is 7.91. The summed E-state index contributed by atoms with van der Waals surface area (Å²) in [5.74, 6) is 0.447. The van der Waals surface area contributed by atoms with E-state index in [1.807, 2.05) is 24.3 Å². The summed E-state index contributed by atoms with van der Waals surface area (Å²) in [6.45, 7) is 2.41. The Morgan fingerprint density at radius 3 is 2.71 bits per heavy atom. The van der Waals surface area contributed by atoms with Gasteiger partial charge in [-0.3, -0.25) is 4.79 Å². The van der Waals surface area contributed by atoms with E-state index in [0.29, 0.717) is 23.3 Å². The second-order valence-electron chi connectivity index (χ2n) is 6.25. The summed E-state index contributed by atoms with van der Waals surface area (Å²) < 4.78 is 7.25. The highest BCUT2D eigenvalue weighted by Gasteiger charge is 2.16. The van der Waals surface area contributed by atoms with Gasteiger partial charge in [-0.1, -0.05) is 35.9 Å². The molecule has 146 valence electrons. The van der Waals surface area contributed by atoms with Gasteiger partial charge >= 0.3 is 0 Å². The van der Waals surface area contributed by atoms with Gasteiger partial charge in [0.25, 0.3) is 0 Å². The Labute approximate surface area is 173 Å². The zero-order valence-corrected chi connectivity index (χ0v) is 16.5. The smallest absolute Gasteiger partial charge is 0.187 e. The Kier molecular flexibility index (Phi) is 6.74. The molecule has 9 heteroatoms. The summed E-state index contributed by atoms with van der Waals surface area (Å²) >= 11 is 5.74.